The number of fused-ring (bicyclic) bond motifs is 3. The summed E-state index contributed by atoms with van der Waals surface area (Å²) in [6.07, 6.45) is 9.14. The van der Waals surface area contributed by atoms with Gasteiger partial charge in [0.25, 0.3) is 0 Å². The standard InChI is InChI=1S/C14H23NO/c1-10-12-7-6-11-4-2-3-5-13(11)15(12)9-8-14(10)16/h10-13H,2-9H2,1H3. The average Bonchev–Trinajstić information content (AvgIpc) is 2.33. The molecule has 0 N–H and O–H groups in total. The Bertz CT molecular complexity index is 288. The first-order valence-electron chi connectivity index (χ1n) is 7.06. The van der Waals surface area contributed by atoms with Crippen LogP contribution in [0.15, 0.2) is 0 Å². The molecule has 1 saturated carbocycles. The second-order valence-electron chi connectivity index (χ2n) is 6.00. The van der Waals surface area contributed by atoms with Crippen molar-refractivity contribution in [2.45, 2.75) is 64.0 Å². The maximum Gasteiger partial charge on any atom is 0.138 e. The van der Waals surface area contributed by atoms with E-state index >= 15 is 0 Å². The fraction of sp³-hybridized carbons (Fsp3) is 0.929. The molecule has 4 unspecified atom stereocenters. The van der Waals surface area contributed by atoms with Crippen molar-refractivity contribution in [3.05, 3.63) is 0 Å². The molecule has 0 aromatic heterocycles. The minimum atomic E-state index is 0.302. The number of rotatable bonds is 0. The summed E-state index contributed by atoms with van der Waals surface area (Å²) >= 11 is 0. The number of carbonyl (C=O) groups is 1. The van der Waals surface area contributed by atoms with Gasteiger partial charge >= 0.3 is 0 Å². The van der Waals surface area contributed by atoms with Crippen LogP contribution < -0.4 is 0 Å². The lowest BCUT2D eigenvalue weighted by Crippen LogP contribution is -2.58. The van der Waals surface area contributed by atoms with Gasteiger partial charge in [0.15, 0.2) is 0 Å². The fourth-order valence-corrected chi connectivity index (χ4v) is 4.31. The highest BCUT2D eigenvalue weighted by Gasteiger charge is 2.43. The highest BCUT2D eigenvalue weighted by molar-refractivity contribution is 5.82. The van der Waals surface area contributed by atoms with Crippen LogP contribution in [0.5, 0.6) is 0 Å². The van der Waals surface area contributed by atoms with Gasteiger partial charge in [0.2, 0.25) is 0 Å². The third-order valence-corrected chi connectivity index (χ3v) is 5.26. The molecular formula is C14H23NO. The van der Waals surface area contributed by atoms with Crippen molar-refractivity contribution in [2.75, 3.05) is 6.54 Å². The lowest BCUT2D eigenvalue weighted by Gasteiger charge is -2.52. The molecule has 0 radical (unpaired) electrons. The number of ketones is 1. The van der Waals surface area contributed by atoms with E-state index in [0.717, 1.165) is 24.9 Å². The molecular weight excluding hydrogens is 198 g/mol. The van der Waals surface area contributed by atoms with Gasteiger partial charge in [0.1, 0.15) is 5.78 Å². The molecule has 3 fully saturated rings. The second-order valence-corrected chi connectivity index (χ2v) is 6.00. The van der Waals surface area contributed by atoms with Crippen LogP contribution in [-0.2, 0) is 4.79 Å². The molecule has 2 nitrogen and oxygen atoms in total. The molecule has 0 bridgehead atoms. The first kappa shape index (κ1) is 10.8. The Morgan fingerprint density at radius 2 is 1.88 bits per heavy atom. The van der Waals surface area contributed by atoms with Crippen molar-refractivity contribution in [2.24, 2.45) is 11.8 Å². The van der Waals surface area contributed by atoms with Gasteiger partial charge in [0, 0.05) is 31.0 Å². The summed E-state index contributed by atoms with van der Waals surface area (Å²) in [7, 11) is 0. The number of nitrogens with zero attached hydrogens (tertiary/aromatic N) is 1. The van der Waals surface area contributed by atoms with Crippen molar-refractivity contribution in [3.8, 4) is 0 Å². The first-order chi connectivity index (χ1) is 7.77. The lowest BCUT2D eigenvalue weighted by atomic mass is 9.72. The van der Waals surface area contributed by atoms with Gasteiger partial charge in [-0.15, -0.1) is 0 Å². The zero-order chi connectivity index (χ0) is 11.1. The van der Waals surface area contributed by atoms with E-state index in [0.29, 0.717) is 17.7 Å². The first-order valence-corrected chi connectivity index (χ1v) is 7.06. The van der Waals surface area contributed by atoms with E-state index in [1.54, 1.807) is 0 Å². The van der Waals surface area contributed by atoms with E-state index in [4.69, 9.17) is 0 Å². The predicted molar refractivity (Wildman–Crippen MR) is 64.3 cm³/mol. The van der Waals surface area contributed by atoms with Crippen molar-refractivity contribution in [1.29, 1.82) is 0 Å². The molecule has 1 aliphatic carbocycles. The van der Waals surface area contributed by atoms with E-state index < -0.39 is 0 Å². The van der Waals surface area contributed by atoms with Gasteiger partial charge in [-0.1, -0.05) is 19.8 Å². The summed E-state index contributed by atoms with van der Waals surface area (Å²) in [4.78, 5) is 14.5. The topological polar surface area (TPSA) is 20.3 Å². The Hall–Kier alpha value is -0.370. The van der Waals surface area contributed by atoms with Gasteiger partial charge in [-0.25, -0.2) is 0 Å². The zero-order valence-corrected chi connectivity index (χ0v) is 10.3. The number of carbonyl (C=O) groups excluding carboxylic acids is 1. The summed E-state index contributed by atoms with van der Waals surface area (Å²) in [5, 5.41) is 0. The lowest BCUT2D eigenvalue weighted by molar-refractivity contribution is -0.133. The summed E-state index contributed by atoms with van der Waals surface area (Å²) in [5.74, 6) is 1.76. The highest BCUT2D eigenvalue weighted by atomic mass is 16.1. The summed E-state index contributed by atoms with van der Waals surface area (Å²) in [5.41, 5.74) is 0. The van der Waals surface area contributed by atoms with Crippen LogP contribution >= 0.6 is 0 Å². The third kappa shape index (κ3) is 1.62. The molecule has 2 heteroatoms. The number of Topliss-reactive ketones (excluding diaryl/α,β-unsaturated/α-hetero) is 1. The molecule has 0 aromatic rings. The molecule has 4 atom stereocenters. The van der Waals surface area contributed by atoms with Gasteiger partial charge < -0.3 is 0 Å². The van der Waals surface area contributed by atoms with Gasteiger partial charge in [0.05, 0.1) is 0 Å². The fourth-order valence-electron chi connectivity index (χ4n) is 4.31. The van der Waals surface area contributed by atoms with Crippen molar-refractivity contribution >= 4 is 5.78 Å². The predicted octanol–water partition coefficient (Wildman–Crippen LogP) is 2.62. The summed E-state index contributed by atoms with van der Waals surface area (Å²) in [6.45, 7) is 3.21. The number of hydrogen-bond donors (Lipinski definition) is 0. The van der Waals surface area contributed by atoms with E-state index in [9.17, 15) is 4.79 Å². The van der Waals surface area contributed by atoms with E-state index in [2.05, 4.69) is 11.8 Å². The normalized spacial score (nSPS) is 44.9. The minimum absolute atomic E-state index is 0.302. The molecule has 2 aliphatic heterocycles. The number of piperidine rings is 2. The maximum atomic E-state index is 11.8. The molecule has 3 rings (SSSR count). The Labute approximate surface area is 98.4 Å². The zero-order valence-electron chi connectivity index (χ0n) is 10.3. The van der Waals surface area contributed by atoms with Gasteiger partial charge in [-0.3, -0.25) is 9.69 Å². The van der Waals surface area contributed by atoms with Crippen LogP contribution in [-0.4, -0.2) is 29.3 Å². The summed E-state index contributed by atoms with van der Waals surface area (Å²) in [6, 6.07) is 1.41. The molecule has 0 amide bonds. The largest absolute Gasteiger partial charge is 0.299 e. The van der Waals surface area contributed by atoms with Crippen molar-refractivity contribution in [3.63, 3.8) is 0 Å². The third-order valence-electron chi connectivity index (χ3n) is 5.26. The van der Waals surface area contributed by atoms with Crippen LogP contribution in [0.25, 0.3) is 0 Å². The summed E-state index contributed by atoms with van der Waals surface area (Å²) < 4.78 is 0. The van der Waals surface area contributed by atoms with Crippen LogP contribution in [0.4, 0.5) is 0 Å². The SMILES string of the molecule is CC1C(=O)CCN2C3CCCCC3CCC12. The van der Waals surface area contributed by atoms with Gasteiger partial charge in [-0.2, -0.15) is 0 Å². The van der Waals surface area contributed by atoms with Crippen LogP contribution in [0, 0.1) is 11.8 Å². The van der Waals surface area contributed by atoms with E-state index in [1.165, 1.54) is 38.5 Å². The van der Waals surface area contributed by atoms with E-state index in [-0.39, 0.29) is 0 Å². The quantitative estimate of drug-likeness (QED) is 0.626. The average molecular weight is 221 g/mol. The van der Waals surface area contributed by atoms with Gasteiger partial charge in [-0.05, 0) is 31.6 Å². The number of hydrogen-bond acceptors (Lipinski definition) is 2. The molecule has 2 saturated heterocycles. The van der Waals surface area contributed by atoms with Crippen LogP contribution in [0.3, 0.4) is 0 Å². The monoisotopic (exact) mass is 221 g/mol. The highest BCUT2D eigenvalue weighted by Crippen LogP contribution is 2.41. The van der Waals surface area contributed by atoms with Crippen molar-refractivity contribution in [1.82, 2.24) is 4.90 Å². The molecule has 90 valence electrons. The van der Waals surface area contributed by atoms with Crippen LogP contribution in [0.1, 0.15) is 51.9 Å². The molecule has 0 spiro atoms. The smallest absolute Gasteiger partial charge is 0.138 e. The van der Waals surface area contributed by atoms with Crippen molar-refractivity contribution < 1.29 is 4.79 Å². The maximum absolute atomic E-state index is 11.8. The molecule has 2 heterocycles. The Kier molecular flexibility index (Phi) is 2.78. The Morgan fingerprint density at radius 3 is 2.75 bits per heavy atom. The molecule has 16 heavy (non-hydrogen) atoms. The van der Waals surface area contributed by atoms with Crippen LogP contribution in [0.2, 0.25) is 0 Å². The van der Waals surface area contributed by atoms with E-state index in [1.807, 2.05) is 0 Å². The Morgan fingerprint density at radius 1 is 1.06 bits per heavy atom. The second kappa shape index (κ2) is 4.14. The minimum Gasteiger partial charge on any atom is -0.299 e. The molecule has 0 aromatic carbocycles. The molecule has 3 aliphatic rings. The Balaban J connectivity index is 1.79.